The van der Waals surface area contributed by atoms with E-state index in [4.69, 9.17) is 4.74 Å². The van der Waals surface area contributed by atoms with Crippen LogP contribution >= 0.6 is 11.3 Å². The first-order chi connectivity index (χ1) is 14.5. The normalized spacial score (nSPS) is 12.5. The number of thiazole rings is 1. The summed E-state index contributed by atoms with van der Waals surface area (Å²) in [7, 11) is 0. The molecule has 0 aliphatic heterocycles. The number of ether oxygens (including phenoxy) is 1. The number of esters is 1. The second-order valence-corrected chi connectivity index (χ2v) is 9.87. The highest BCUT2D eigenvalue weighted by molar-refractivity contribution is 7.09. The highest BCUT2D eigenvalue weighted by Gasteiger charge is 2.18. The molecule has 0 saturated carbocycles. The maximum Gasteiger partial charge on any atom is 0.334 e. The van der Waals surface area contributed by atoms with Crippen LogP contribution < -0.4 is 5.56 Å². The minimum Gasteiger partial charge on any atom is -0.457 e. The maximum atomic E-state index is 12.8. The lowest BCUT2D eigenvalue weighted by Gasteiger charge is -2.19. The Kier molecular flexibility index (Phi) is 6.74. The monoisotopic (exact) mass is 439 g/mol. The third-order valence-electron chi connectivity index (χ3n) is 4.68. The van der Waals surface area contributed by atoms with Crippen LogP contribution in [0.5, 0.6) is 0 Å². The molecule has 6 nitrogen and oxygen atoms in total. The summed E-state index contributed by atoms with van der Waals surface area (Å²) in [5.74, 6) is -0.0147. The summed E-state index contributed by atoms with van der Waals surface area (Å²) in [6.45, 7) is 11.3. The Bertz CT molecular complexity index is 1180. The summed E-state index contributed by atoms with van der Waals surface area (Å²) in [6.07, 6.45) is 6.45. The largest absolute Gasteiger partial charge is 0.457 e. The third kappa shape index (κ3) is 5.88. The van der Waals surface area contributed by atoms with Gasteiger partial charge in [0, 0.05) is 29.8 Å². The van der Waals surface area contributed by atoms with Crippen molar-refractivity contribution in [3.63, 3.8) is 0 Å². The number of carbonyl (C=O) groups is 1. The van der Waals surface area contributed by atoms with Crippen LogP contribution in [0.4, 0.5) is 0 Å². The molecule has 0 aliphatic carbocycles. The van der Waals surface area contributed by atoms with Crippen molar-refractivity contribution in [1.82, 2.24) is 14.4 Å². The van der Waals surface area contributed by atoms with Crippen molar-refractivity contribution >= 4 is 29.0 Å². The molecule has 0 aromatic carbocycles. The van der Waals surface area contributed by atoms with Gasteiger partial charge in [0.2, 0.25) is 0 Å². The van der Waals surface area contributed by atoms with Gasteiger partial charge in [-0.3, -0.25) is 9.20 Å². The fourth-order valence-corrected chi connectivity index (χ4v) is 3.95. The number of hydrogen-bond acceptors (Lipinski definition) is 6. The number of aryl methyl sites for hydroxylation is 2. The summed E-state index contributed by atoms with van der Waals surface area (Å²) in [5.41, 5.74) is 2.70. The molecule has 0 unspecified atom stereocenters. The first kappa shape index (κ1) is 22.9. The Morgan fingerprint density at radius 3 is 2.68 bits per heavy atom. The maximum absolute atomic E-state index is 12.8. The summed E-state index contributed by atoms with van der Waals surface area (Å²) in [4.78, 5) is 34.1. The zero-order valence-corrected chi connectivity index (χ0v) is 19.7. The van der Waals surface area contributed by atoms with Crippen LogP contribution in [-0.2, 0) is 22.4 Å². The van der Waals surface area contributed by atoms with E-state index in [1.165, 1.54) is 16.7 Å². The molecule has 31 heavy (non-hydrogen) atoms. The smallest absolute Gasteiger partial charge is 0.334 e. The van der Waals surface area contributed by atoms with Crippen LogP contribution in [0, 0.1) is 0 Å². The van der Waals surface area contributed by atoms with Gasteiger partial charge in [-0.1, -0.05) is 13.8 Å². The van der Waals surface area contributed by atoms with Crippen molar-refractivity contribution in [2.45, 2.75) is 65.9 Å². The molecule has 0 atom stereocenters. The minimum atomic E-state index is -0.589. The Balaban J connectivity index is 1.78. The van der Waals surface area contributed by atoms with E-state index >= 15 is 0 Å². The summed E-state index contributed by atoms with van der Waals surface area (Å²) >= 11 is 1.69. The highest BCUT2D eigenvalue weighted by atomic mass is 32.1. The van der Waals surface area contributed by atoms with Crippen LogP contribution in [-0.4, -0.2) is 25.9 Å². The Morgan fingerprint density at radius 2 is 2.03 bits per heavy atom. The lowest BCUT2D eigenvalue weighted by Crippen LogP contribution is -2.24. The van der Waals surface area contributed by atoms with Gasteiger partial charge in [-0.15, -0.1) is 11.3 Å². The number of hydrogen-bond donors (Lipinski definition) is 0. The standard InChI is InChI=1S/C24H29N3O3S/c1-15(2)19-14-31-21(26-19)8-7-17-9-10-27-20(12-17)25-13-18(22(27)28)11-16(3)23(29)30-24(4,5)6/h9-15H,7-8H2,1-6H3. The zero-order chi connectivity index (χ0) is 22.8. The van der Waals surface area contributed by atoms with E-state index in [2.05, 4.69) is 29.2 Å². The molecule has 3 rings (SSSR count). The summed E-state index contributed by atoms with van der Waals surface area (Å²) in [5, 5.41) is 3.24. The van der Waals surface area contributed by atoms with Gasteiger partial charge in [0.1, 0.15) is 11.2 Å². The predicted octanol–water partition coefficient (Wildman–Crippen LogP) is 4.80. The fraction of sp³-hybridized carbons (Fsp3) is 0.417. The molecule has 0 amide bonds. The van der Waals surface area contributed by atoms with Gasteiger partial charge in [-0.2, -0.15) is 0 Å². The minimum absolute atomic E-state index is 0.221. The molecule has 164 valence electrons. The number of pyridine rings is 1. The van der Waals surface area contributed by atoms with Crippen LogP contribution in [0.25, 0.3) is 11.7 Å². The molecule has 7 heteroatoms. The SMILES string of the molecule is CC(=Cc1cnc2cc(CCc3nc(C(C)C)cs3)ccn2c1=O)C(=O)OC(C)(C)C. The van der Waals surface area contributed by atoms with E-state index in [0.717, 1.165) is 29.1 Å². The van der Waals surface area contributed by atoms with Crippen molar-refractivity contribution in [1.29, 1.82) is 0 Å². The second kappa shape index (κ2) is 9.14. The Hall–Kier alpha value is -2.80. The number of aromatic nitrogens is 3. The van der Waals surface area contributed by atoms with Crippen molar-refractivity contribution in [3.05, 3.63) is 67.7 Å². The van der Waals surface area contributed by atoms with E-state index in [1.54, 1.807) is 45.2 Å². The van der Waals surface area contributed by atoms with E-state index in [-0.39, 0.29) is 5.56 Å². The van der Waals surface area contributed by atoms with Gasteiger partial charge in [0.25, 0.3) is 5.56 Å². The van der Waals surface area contributed by atoms with Gasteiger partial charge in [-0.05, 0) is 63.8 Å². The quantitative estimate of drug-likeness (QED) is 0.407. The molecule has 0 N–H and O–H groups in total. The van der Waals surface area contributed by atoms with Gasteiger partial charge >= 0.3 is 5.97 Å². The molecule has 0 aliphatic rings. The highest BCUT2D eigenvalue weighted by Crippen LogP contribution is 2.19. The van der Waals surface area contributed by atoms with Crippen molar-refractivity contribution in [2.24, 2.45) is 0 Å². The summed E-state index contributed by atoms with van der Waals surface area (Å²) in [6, 6.07) is 3.86. The number of carbonyl (C=O) groups excluding carboxylic acids is 1. The molecule has 0 fully saturated rings. The molecular formula is C24H29N3O3S. The number of nitrogens with zero attached hydrogens (tertiary/aromatic N) is 3. The molecule has 3 aromatic rings. The van der Waals surface area contributed by atoms with Crippen LogP contribution in [0.1, 0.15) is 69.3 Å². The average Bonchev–Trinajstić information content (AvgIpc) is 3.16. The first-order valence-electron chi connectivity index (χ1n) is 10.4. The third-order valence-corrected chi connectivity index (χ3v) is 5.61. The number of fused-ring (bicyclic) bond motifs is 1. The van der Waals surface area contributed by atoms with Gasteiger partial charge in [0.15, 0.2) is 0 Å². The van der Waals surface area contributed by atoms with Crippen molar-refractivity contribution in [3.8, 4) is 0 Å². The molecule has 0 bridgehead atoms. The van der Waals surface area contributed by atoms with E-state index in [9.17, 15) is 9.59 Å². The first-order valence-corrected chi connectivity index (χ1v) is 11.3. The topological polar surface area (TPSA) is 73.6 Å². The second-order valence-electron chi connectivity index (χ2n) is 8.93. The van der Waals surface area contributed by atoms with Crippen LogP contribution in [0.15, 0.2) is 40.3 Å². The van der Waals surface area contributed by atoms with Crippen molar-refractivity contribution in [2.75, 3.05) is 0 Å². The fourth-order valence-electron chi connectivity index (χ4n) is 2.99. The van der Waals surface area contributed by atoms with E-state index in [1.807, 2.05) is 12.1 Å². The van der Waals surface area contributed by atoms with Gasteiger partial charge < -0.3 is 4.74 Å². The predicted molar refractivity (Wildman–Crippen MR) is 125 cm³/mol. The molecule has 0 spiro atoms. The van der Waals surface area contributed by atoms with Gasteiger partial charge in [-0.25, -0.2) is 14.8 Å². The molecular weight excluding hydrogens is 410 g/mol. The molecule has 3 aromatic heterocycles. The lowest BCUT2D eigenvalue weighted by molar-refractivity contribution is -0.149. The summed E-state index contributed by atoms with van der Waals surface area (Å²) < 4.78 is 6.85. The zero-order valence-electron chi connectivity index (χ0n) is 18.9. The van der Waals surface area contributed by atoms with Crippen LogP contribution in [0.2, 0.25) is 0 Å². The Morgan fingerprint density at radius 1 is 1.29 bits per heavy atom. The van der Waals surface area contributed by atoms with Crippen LogP contribution in [0.3, 0.4) is 0 Å². The molecule has 0 saturated heterocycles. The molecule has 3 heterocycles. The van der Waals surface area contributed by atoms with E-state index < -0.39 is 11.6 Å². The van der Waals surface area contributed by atoms with E-state index in [0.29, 0.717) is 22.7 Å². The lowest BCUT2D eigenvalue weighted by atomic mass is 10.1. The Labute approximate surface area is 186 Å². The molecule has 0 radical (unpaired) electrons. The number of rotatable bonds is 6. The van der Waals surface area contributed by atoms with Crippen molar-refractivity contribution < 1.29 is 9.53 Å². The average molecular weight is 440 g/mol. The van der Waals surface area contributed by atoms with Gasteiger partial charge in [0.05, 0.1) is 16.3 Å².